The zero-order valence-electron chi connectivity index (χ0n) is 11.4. The van der Waals surface area contributed by atoms with Gasteiger partial charge < -0.3 is 5.32 Å². The minimum absolute atomic E-state index is 0.460. The van der Waals surface area contributed by atoms with Crippen LogP contribution in [0, 0.1) is 6.92 Å². The van der Waals surface area contributed by atoms with Crippen molar-refractivity contribution in [2.45, 2.75) is 44.7 Å². The largest absolute Gasteiger partial charge is 0.314 e. The van der Waals surface area contributed by atoms with Crippen LogP contribution < -0.4 is 5.32 Å². The molecule has 18 heavy (non-hydrogen) atoms. The Morgan fingerprint density at radius 2 is 2.11 bits per heavy atom. The fourth-order valence-electron chi connectivity index (χ4n) is 3.69. The van der Waals surface area contributed by atoms with Gasteiger partial charge in [0.05, 0.1) is 0 Å². The molecular formula is C16H24N2. The molecule has 1 spiro atoms. The number of hydrogen-bond acceptors (Lipinski definition) is 2. The predicted octanol–water partition coefficient (Wildman–Crippen LogP) is 2.71. The monoisotopic (exact) mass is 244 g/mol. The molecule has 1 saturated heterocycles. The molecule has 98 valence electrons. The second-order valence-electron chi connectivity index (χ2n) is 6.02. The standard InChI is InChI=1S/C16H24N2/c1-14-5-4-6-15(11-14)12-18-10-9-17-13-16(18)7-2-3-8-16/h4-6,11,17H,2-3,7-10,12-13H2,1H3. The third-order valence-corrected chi connectivity index (χ3v) is 4.67. The molecule has 1 N–H and O–H groups in total. The molecule has 0 atom stereocenters. The highest BCUT2D eigenvalue weighted by atomic mass is 15.3. The lowest BCUT2D eigenvalue weighted by molar-refractivity contribution is 0.0572. The van der Waals surface area contributed by atoms with Gasteiger partial charge in [-0.2, -0.15) is 0 Å². The van der Waals surface area contributed by atoms with Crippen molar-refractivity contribution in [3.63, 3.8) is 0 Å². The molecule has 2 heteroatoms. The molecule has 2 aliphatic rings. The average Bonchev–Trinajstić information content (AvgIpc) is 2.82. The molecule has 0 bridgehead atoms. The van der Waals surface area contributed by atoms with Gasteiger partial charge in [0, 0.05) is 31.7 Å². The molecule has 0 aromatic heterocycles. The molecule has 0 amide bonds. The van der Waals surface area contributed by atoms with Crippen LogP contribution in [0.2, 0.25) is 0 Å². The fourth-order valence-corrected chi connectivity index (χ4v) is 3.69. The Labute approximate surface area is 110 Å². The zero-order chi connectivity index (χ0) is 12.4. The maximum atomic E-state index is 3.60. The van der Waals surface area contributed by atoms with E-state index in [1.54, 1.807) is 0 Å². The maximum Gasteiger partial charge on any atom is 0.0338 e. The first-order valence-electron chi connectivity index (χ1n) is 7.30. The van der Waals surface area contributed by atoms with E-state index in [2.05, 4.69) is 41.4 Å². The predicted molar refractivity (Wildman–Crippen MR) is 75.7 cm³/mol. The Balaban J connectivity index is 1.77. The summed E-state index contributed by atoms with van der Waals surface area (Å²) in [7, 11) is 0. The lowest BCUT2D eigenvalue weighted by atomic mass is 9.92. The van der Waals surface area contributed by atoms with Crippen LogP contribution in [0.1, 0.15) is 36.8 Å². The minimum atomic E-state index is 0.460. The Kier molecular flexibility index (Phi) is 3.40. The lowest BCUT2D eigenvalue weighted by Crippen LogP contribution is -2.59. The van der Waals surface area contributed by atoms with E-state index in [0.29, 0.717) is 5.54 Å². The molecule has 3 rings (SSSR count). The van der Waals surface area contributed by atoms with Gasteiger partial charge in [0.25, 0.3) is 0 Å². The Hall–Kier alpha value is -0.860. The van der Waals surface area contributed by atoms with Gasteiger partial charge in [0.15, 0.2) is 0 Å². The SMILES string of the molecule is Cc1cccc(CN2CCNCC23CCCC3)c1. The summed E-state index contributed by atoms with van der Waals surface area (Å²) < 4.78 is 0. The molecule has 1 saturated carbocycles. The van der Waals surface area contributed by atoms with Gasteiger partial charge in [-0.1, -0.05) is 42.7 Å². The summed E-state index contributed by atoms with van der Waals surface area (Å²) in [5.74, 6) is 0. The summed E-state index contributed by atoms with van der Waals surface area (Å²) in [6.07, 6.45) is 5.58. The summed E-state index contributed by atoms with van der Waals surface area (Å²) in [6.45, 7) is 6.86. The molecule has 0 radical (unpaired) electrons. The number of hydrogen-bond donors (Lipinski definition) is 1. The summed E-state index contributed by atoms with van der Waals surface area (Å²) in [5.41, 5.74) is 3.31. The number of piperazine rings is 1. The zero-order valence-corrected chi connectivity index (χ0v) is 11.4. The Bertz CT molecular complexity index is 407. The van der Waals surface area contributed by atoms with E-state index in [0.717, 1.165) is 13.1 Å². The highest BCUT2D eigenvalue weighted by Gasteiger charge is 2.40. The van der Waals surface area contributed by atoms with E-state index in [4.69, 9.17) is 0 Å². The van der Waals surface area contributed by atoms with Gasteiger partial charge in [-0.15, -0.1) is 0 Å². The van der Waals surface area contributed by atoms with Crippen LogP contribution in [0.25, 0.3) is 0 Å². The average molecular weight is 244 g/mol. The van der Waals surface area contributed by atoms with Crippen molar-refractivity contribution < 1.29 is 0 Å². The number of benzene rings is 1. The van der Waals surface area contributed by atoms with Gasteiger partial charge in [0.1, 0.15) is 0 Å². The molecule has 1 heterocycles. The van der Waals surface area contributed by atoms with E-state index in [1.165, 1.54) is 49.9 Å². The molecule has 1 aromatic rings. The topological polar surface area (TPSA) is 15.3 Å². The molecule has 2 fully saturated rings. The summed E-state index contributed by atoms with van der Waals surface area (Å²) in [5, 5.41) is 3.60. The van der Waals surface area contributed by atoms with E-state index >= 15 is 0 Å². The second-order valence-corrected chi connectivity index (χ2v) is 6.02. The van der Waals surface area contributed by atoms with Crippen molar-refractivity contribution in [3.05, 3.63) is 35.4 Å². The minimum Gasteiger partial charge on any atom is -0.314 e. The molecule has 1 aliphatic heterocycles. The third kappa shape index (κ3) is 2.32. The lowest BCUT2D eigenvalue weighted by Gasteiger charge is -2.45. The van der Waals surface area contributed by atoms with Crippen molar-refractivity contribution >= 4 is 0 Å². The van der Waals surface area contributed by atoms with E-state index in [1.807, 2.05) is 0 Å². The van der Waals surface area contributed by atoms with Crippen LogP contribution in [0.15, 0.2) is 24.3 Å². The normalized spacial score (nSPS) is 23.6. The van der Waals surface area contributed by atoms with Crippen LogP contribution >= 0.6 is 0 Å². The third-order valence-electron chi connectivity index (χ3n) is 4.67. The van der Waals surface area contributed by atoms with Crippen molar-refractivity contribution in [1.29, 1.82) is 0 Å². The van der Waals surface area contributed by atoms with Gasteiger partial charge in [-0.25, -0.2) is 0 Å². The first-order valence-corrected chi connectivity index (χ1v) is 7.30. The Morgan fingerprint density at radius 3 is 2.89 bits per heavy atom. The maximum absolute atomic E-state index is 3.60. The van der Waals surface area contributed by atoms with Gasteiger partial charge >= 0.3 is 0 Å². The van der Waals surface area contributed by atoms with E-state index < -0.39 is 0 Å². The highest BCUT2D eigenvalue weighted by Crippen LogP contribution is 2.36. The number of nitrogens with one attached hydrogen (secondary N) is 1. The first kappa shape index (κ1) is 12.2. The molecular weight excluding hydrogens is 220 g/mol. The first-order chi connectivity index (χ1) is 8.78. The molecule has 1 aromatic carbocycles. The van der Waals surface area contributed by atoms with Crippen LogP contribution in [0.3, 0.4) is 0 Å². The summed E-state index contributed by atoms with van der Waals surface area (Å²) >= 11 is 0. The van der Waals surface area contributed by atoms with Crippen molar-refractivity contribution in [1.82, 2.24) is 10.2 Å². The molecule has 1 aliphatic carbocycles. The van der Waals surface area contributed by atoms with Gasteiger partial charge in [-0.3, -0.25) is 4.90 Å². The van der Waals surface area contributed by atoms with Crippen LogP contribution in [0.5, 0.6) is 0 Å². The van der Waals surface area contributed by atoms with Gasteiger partial charge in [0.2, 0.25) is 0 Å². The van der Waals surface area contributed by atoms with E-state index in [9.17, 15) is 0 Å². The highest BCUT2D eigenvalue weighted by molar-refractivity contribution is 5.22. The van der Waals surface area contributed by atoms with Crippen molar-refractivity contribution in [2.75, 3.05) is 19.6 Å². The van der Waals surface area contributed by atoms with Crippen LogP contribution in [-0.2, 0) is 6.54 Å². The van der Waals surface area contributed by atoms with E-state index in [-0.39, 0.29) is 0 Å². The number of aryl methyl sites for hydroxylation is 1. The second kappa shape index (κ2) is 5.02. The Morgan fingerprint density at radius 1 is 1.28 bits per heavy atom. The fraction of sp³-hybridized carbons (Fsp3) is 0.625. The smallest absolute Gasteiger partial charge is 0.0338 e. The summed E-state index contributed by atoms with van der Waals surface area (Å²) in [6, 6.07) is 8.99. The molecule has 2 nitrogen and oxygen atoms in total. The number of rotatable bonds is 2. The van der Waals surface area contributed by atoms with Crippen molar-refractivity contribution in [2.24, 2.45) is 0 Å². The van der Waals surface area contributed by atoms with Crippen LogP contribution in [0.4, 0.5) is 0 Å². The summed E-state index contributed by atoms with van der Waals surface area (Å²) in [4.78, 5) is 2.74. The van der Waals surface area contributed by atoms with Crippen LogP contribution in [-0.4, -0.2) is 30.1 Å². The van der Waals surface area contributed by atoms with Crippen molar-refractivity contribution in [3.8, 4) is 0 Å². The van der Waals surface area contributed by atoms with Gasteiger partial charge in [-0.05, 0) is 25.3 Å². The quantitative estimate of drug-likeness (QED) is 0.860. The number of nitrogens with zero attached hydrogens (tertiary/aromatic N) is 1. The molecule has 0 unspecified atom stereocenters.